The maximum Gasteiger partial charge on any atom is 0.230 e. The number of anilines is 2. The van der Waals surface area contributed by atoms with E-state index >= 15 is 0 Å². The molecule has 1 amide bonds. The number of benzene rings is 2. The molecule has 0 aliphatic heterocycles. The molecule has 0 aliphatic carbocycles. The van der Waals surface area contributed by atoms with Crippen LogP contribution in [0.1, 0.15) is 59.9 Å². The molecular formula is C22H25N3O2S. The van der Waals surface area contributed by atoms with Crippen molar-refractivity contribution in [2.75, 3.05) is 11.1 Å². The molecule has 6 heteroatoms. The van der Waals surface area contributed by atoms with Crippen LogP contribution in [0.15, 0.2) is 59.9 Å². The van der Waals surface area contributed by atoms with Crippen LogP contribution >= 0.6 is 11.3 Å². The number of rotatable bonds is 9. The molecule has 0 unspecified atom stereocenters. The minimum absolute atomic E-state index is 0.0289. The van der Waals surface area contributed by atoms with Gasteiger partial charge in [-0.25, -0.2) is 4.98 Å². The number of carbonyl (C=O) groups excluding carboxylic acids is 1. The maximum atomic E-state index is 12.7. The quantitative estimate of drug-likeness (QED) is 0.491. The highest BCUT2D eigenvalue weighted by Gasteiger charge is 2.08. The van der Waals surface area contributed by atoms with Gasteiger partial charge in [0.1, 0.15) is 0 Å². The molecule has 1 aromatic heterocycles. The van der Waals surface area contributed by atoms with Crippen LogP contribution in [0.2, 0.25) is 0 Å². The molecule has 0 fully saturated rings. The SMILES string of the molecule is [2H]c1c([2H])c(C([2H])([2H])C([2H])([2H])CC([2H])([2H])[C@]([2H])(O)c2ccccc2)c([2H])c([2H])c1NC(=O)C([2H])([2H])c1csc(N)n1. The smallest absolute Gasteiger partial charge is 0.230 e. The summed E-state index contributed by atoms with van der Waals surface area (Å²) in [5.41, 5.74) is 2.98. The lowest BCUT2D eigenvalue weighted by Crippen LogP contribution is -2.14. The number of hydrogen-bond donors (Lipinski definition) is 3. The van der Waals surface area contributed by atoms with Crippen molar-refractivity contribution in [3.8, 4) is 0 Å². The van der Waals surface area contributed by atoms with Crippen molar-refractivity contribution < 1.29 is 27.7 Å². The molecule has 28 heavy (non-hydrogen) atoms. The molecule has 3 aromatic rings. The largest absolute Gasteiger partial charge is 0.388 e. The fraction of sp³-hybridized carbons (Fsp3) is 0.273. The van der Waals surface area contributed by atoms with Gasteiger partial charge >= 0.3 is 0 Å². The Morgan fingerprint density at radius 1 is 1.32 bits per heavy atom. The van der Waals surface area contributed by atoms with Gasteiger partial charge in [0.05, 0.1) is 25.0 Å². The highest BCUT2D eigenvalue weighted by Crippen LogP contribution is 2.20. The zero-order valence-corrected chi connectivity index (χ0v) is 15.3. The fourth-order valence-electron chi connectivity index (χ4n) is 2.00. The number of thiazole rings is 1. The molecule has 4 N–H and O–H groups in total. The van der Waals surface area contributed by atoms with Crippen LogP contribution < -0.4 is 11.1 Å². The second kappa shape index (κ2) is 10.0. The van der Waals surface area contributed by atoms with E-state index in [1.807, 2.05) is 5.32 Å². The van der Waals surface area contributed by atoms with E-state index in [2.05, 4.69) is 4.98 Å². The molecule has 0 aliphatic rings. The van der Waals surface area contributed by atoms with Crippen molar-refractivity contribution in [1.82, 2.24) is 4.98 Å². The summed E-state index contributed by atoms with van der Waals surface area (Å²) in [5.74, 6) is -1.42. The van der Waals surface area contributed by atoms with Gasteiger partial charge in [-0.2, -0.15) is 0 Å². The van der Waals surface area contributed by atoms with E-state index < -0.39 is 79.3 Å². The average Bonchev–Trinajstić information content (AvgIpc) is 3.32. The van der Waals surface area contributed by atoms with E-state index in [9.17, 15) is 9.90 Å². The van der Waals surface area contributed by atoms with Gasteiger partial charge in [0.15, 0.2) is 5.13 Å². The first-order valence-electron chi connectivity index (χ1n) is 14.5. The van der Waals surface area contributed by atoms with Crippen LogP contribution in [0.25, 0.3) is 0 Å². The van der Waals surface area contributed by atoms with Gasteiger partial charge in [0.25, 0.3) is 0 Å². The summed E-state index contributed by atoms with van der Waals surface area (Å²) >= 11 is 0.858. The number of nitrogens with one attached hydrogen (secondary N) is 1. The molecule has 1 heterocycles. The van der Waals surface area contributed by atoms with E-state index in [4.69, 9.17) is 23.6 Å². The number of nitrogen functional groups attached to an aromatic ring is 1. The summed E-state index contributed by atoms with van der Waals surface area (Å²) in [4.78, 5) is 16.4. The third-order valence-electron chi connectivity index (χ3n) is 3.23. The minimum atomic E-state index is -3.41. The van der Waals surface area contributed by atoms with Gasteiger partial charge < -0.3 is 16.2 Å². The number of amides is 1. The van der Waals surface area contributed by atoms with Gasteiger partial charge in [-0.1, -0.05) is 48.8 Å². The van der Waals surface area contributed by atoms with Crippen LogP contribution in [0.4, 0.5) is 10.8 Å². The van der Waals surface area contributed by atoms with Crippen LogP contribution in [-0.2, 0) is 17.5 Å². The molecule has 2 aromatic carbocycles. The number of aromatic nitrogens is 1. The van der Waals surface area contributed by atoms with Crippen molar-refractivity contribution in [3.05, 3.63) is 76.7 Å². The van der Waals surface area contributed by atoms with Gasteiger partial charge in [0.2, 0.25) is 5.91 Å². The second-order valence-electron chi connectivity index (χ2n) is 5.27. The zero-order valence-electron chi connectivity index (χ0n) is 27.5. The summed E-state index contributed by atoms with van der Waals surface area (Å²) in [6.07, 6.45) is -17.1. The predicted octanol–water partition coefficient (Wildman–Crippen LogP) is 4.35. The predicted molar refractivity (Wildman–Crippen MR) is 114 cm³/mol. The van der Waals surface area contributed by atoms with Gasteiger partial charge in [0, 0.05) is 22.0 Å². The van der Waals surface area contributed by atoms with E-state index in [-0.39, 0.29) is 16.4 Å². The van der Waals surface area contributed by atoms with Crippen molar-refractivity contribution in [3.63, 3.8) is 0 Å². The Labute approximate surface area is 187 Å². The van der Waals surface area contributed by atoms with Crippen LogP contribution in [0.5, 0.6) is 0 Å². The standard InChI is InChI=1S/C22H25N3O2S/c23-22-25-19(15-28-22)14-21(27)24-18-12-10-16(11-13-18)6-4-5-9-20(26)17-7-2-1-3-8-17/h1-3,7-8,10-13,15,20,26H,4-6,9,14H2,(H2,23,25)(H,24,27)/t20-/m0/s1/i4D2,6D2,9D2,10D,11D,12D,13D,14D2,20D. The summed E-state index contributed by atoms with van der Waals surface area (Å²) in [6, 6.07) is 2.58. The molecule has 5 nitrogen and oxygen atoms in total. The molecule has 146 valence electrons. The third kappa shape index (κ3) is 6.18. The van der Waals surface area contributed by atoms with Crippen LogP contribution in [-0.4, -0.2) is 16.0 Å². The first kappa shape index (κ1) is 9.20. The molecule has 1 atom stereocenters. The van der Waals surface area contributed by atoms with Crippen LogP contribution in [0, 0.1) is 0 Å². The Kier molecular flexibility index (Phi) is 3.29. The number of hydrogen-bond acceptors (Lipinski definition) is 5. The number of nitrogens with zero attached hydrogens (tertiary/aromatic N) is 1. The minimum Gasteiger partial charge on any atom is -0.388 e. The topological polar surface area (TPSA) is 88.2 Å². The van der Waals surface area contributed by atoms with Crippen molar-refractivity contribution in [2.24, 2.45) is 0 Å². The first-order chi connectivity index (χ1) is 18.6. The summed E-state index contributed by atoms with van der Waals surface area (Å²) < 4.78 is 108. The molecule has 0 radical (unpaired) electrons. The van der Waals surface area contributed by atoms with Gasteiger partial charge in [-0.05, 0) is 42.3 Å². The molecule has 0 saturated heterocycles. The lowest BCUT2D eigenvalue weighted by Gasteiger charge is -2.10. The summed E-state index contributed by atoms with van der Waals surface area (Å²) in [5, 5.41) is 13.8. The summed E-state index contributed by atoms with van der Waals surface area (Å²) in [6.45, 7) is 0. The van der Waals surface area contributed by atoms with Gasteiger partial charge in [-0.15, -0.1) is 11.3 Å². The fourth-order valence-corrected chi connectivity index (χ4v) is 2.50. The maximum absolute atomic E-state index is 12.7. The molecule has 0 saturated carbocycles. The van der Waals surface area contributed by atoms with E-state index in [0.29, 0.717) is 0 Å². The molecule has 0 spiro atoms. The molecular weight excluding hydrogens is 370 g/mol. The monoisotopic (exact) mass is 408 g/mol. The number of carbonyl (C=O) groups is 1. The van der Waals surface area contributed by atoms with Crippen molar-refractivity contribution in [2.45, 2.75) is 38.0 Å². The first-order valence-corrected chi connectivity index (χ1v) is 8.89. The van der Waals surface area contributed by atoms with E-state index in [1.54, 1.807) is 6.07 Å². The molecule has 3 rings (SSSR count). The Hall–Kier alpha value is -2.70. The Morgan fingerprint density at radius 2 is 2.07 bits per heavy atom. The second-order valence-corrected chi connectivity index (χ2v) is 6.16. The zero-order chi connectivity index (χ0) is 31.3. The van der Waals surface area contributed by atoms with E-state index in [1.165, 1.54) is 29.6 Å². The lowest BCUT2D eigenvalue weighted by atomic mass is 10.0. The van der Waals surface area contributed by atoms with Gasteiger partial charge in [-0.3, -0.25) is 4.79 Å². The third-order valence-corrected chi connectivity index (χ3v) is 3.91. The normalized spacial score (nSPS) is 21.8. The highest BCUT2D eigenvalue weighted by molar-refractivity contribution is 7.13. The lowest BCUT2D eigenvalue weighted by molar-refractivity contribution is -0.115. The number of nitrogens with two attached hydrogens (primary N) is 1. The van der Waals surface area contributed by atoms with Crippen molar-refractivity contribution >= 4 is 28.1 Å². The summed E-state index contributed by atoms with van der Waals surface area (Å²) in [7, 11) is 0. The van der Waals surface area contributed by atoms with Crippen LogP contribution in [0.3, 0.4) is 0 Å². The number of aliphatic hydroxyl groups is 1. The van der Waals surface area contributed by atoms with E-state index in [0.717, 1.165) is 11.3 Å². The molecule has 0 bridgehead atoms. The Balaban J connectivity index is 2.02. The highest BCUT2D eigenvalue weighted by atomic mass is 32.1. The van der Waals surface area contributed by atoms with Crippen molar-refractivity contribution in [1.29, 1.82) is 0 Å². The average molecular weight is 409 g/mol. The Bertz CT molecular complexity index is 1430. The Morgan fingerprint density at radius 3 is 2.75 bits per heavy atom.